The third-order valence-electron chi connectivity index (χ3n) is 3.63. The third kappa shape index (κ3) is 2.71. The van der Waals surface area contributed by atoms with E-state index in [1.54, 1.807) is 11.9 Å². The van der Waals surface area contributed by atoms with Crippen LogP contribution in [0.1, 0.15) is 36.5 Å². The van der Waals surface area contributed by atoms with Crippen molar-refractivity contribution in [2.24, 2.45) is 0 Å². The molecule has 108 valence electrons. The highest BCUT2D eigenvalue weighted by molar-refractivity contribution is 5.99. The number of anilines is 1. The molecule has 1 atom stereocenters. The highest BCUT2D eigenvalue weighted by Crippen LogP contribution is 2.25. The van der Waals surface area contributed by atoms with Gasteiger partial charge in [0.15, 0.2) is 0 Å². The molecule has 1 aliphatic heterocycles. The lowest BCUT2D eigenvalue weighted by atomic mass is 10.0. The molecule has 1 aliphatic rings. The molecule has 1 amide bonds. The van der Waals surface area contributed by atoms with E-state index in [0.717, 1.165) is 25.5 Å². The molecule has 0 saturated carbocycles. The van der Waals surface area contributed by atoms with Crippen molar-refractivity contribution in [1.29, 1.82) is 0 Å². The Morgan fingerprint density at radius 2 is 2.30 bits per heavy atom. The van der Waals surface area contributed by atoms with Crippen molar-refractivity contribution in [3.05, 3.63) is 27.9 Å². The van der Waals surface area contributed by atoms with Gasteiger partial charge in [-0.25, -0.2) is 4.98 Å². The number of carbonyl (C=O) groups is 1. The molecule has 0 spiro atoms. The number of hydrogen-bond donors (Lipinski definition) is 1. The van der Waals surface area contributed by atoms with Crippen LogP contribution in [0.4, 0.5) is 11.5 Å². The van der Waals surface area contributed by atoms with E-state index < -0.39 is 4.92 Å². The maximum atomic E-state index is 12.6. The summed E-state index contributed by atoms with van der Waals surface area (Å²) < 4.78 is 0. The Labute approximate surface area is 117 Å². The number of nitrogens with zero attached hydrogens (tertiary/aromatic N) is 3. The summed E-state index contributed by atoms with van der Waals surface area (Å²) in [7, 11) is 1.66. The third-order valence-corrected chi connectivity index (χ3v) is 3.63. The van der Waals surface area contributed by atoms with Crippen molar-refractivity contribution in [3.8, 4) is 0 Å². The topological polar surface area (TPSA) is 88.4 Å². The zero-order chi connectivity index (χ0) is 14.7. The van der Waals surface area contributed by atoms with Crippen molar-refractivity contribution < 1.29 is 9.72 Å². The zero-order valence-corrected chi connectivity index (χ0v) is 11.6. The van der Waals surface area contributed by atoms with Gasteiger partial charge in [0.1, 0.15) is 17.6 Å². The average Bonchev–Trinajstić information content (AvgIpc) is 2.46. The standard InChI is InChI=1S/C13H18N4O3/c1-9-5-3-4-6-16(9)13(18)10-7-12(14-2)15-8-11(10)17(19)20/h7-9H,3-6H2,1-2H3,(H,14,15). The van der Waals surface area contributed by atoms with Gasteiger partial charge >= 0.3 is 0 Å². The van der Waals surface area contributed by atoms with E-state index >= 15 is 0 Å². The van der Waals surface area contributed by atoms with Gasteiger partial charge in [-0.15, -0.1) is 0 Å². The average molecular weight is 278 g/mol. The van der Waals surface area contributed by atoms with Crippen molar-refractivity contribution in [2.45, 2.75) is 32.2 Å². The Kier molecular flexibility index (Phi) is 4.16. The van der Waals surface area contributed by atoms with Gasteiger partial charge in [0.05, 0.1) is 4.92 Å². The molecule has 1 aromatic heterocycles. The van der Waals surface area contributed by atoms with Crippen LogP contribution in [0.25, 0.3) is 0 Å². The van der Waals surface area contributed by atoms with Crippen LogP contribution in [-0.2, 0) is 0 Å². The van der Waals surface area contributed by atoms with E-state index in [2.05, 4.69) is 10.3 Å². The van der Waals surface area contributed by atoms with Crippen molar-refractivity contribution in [2.75, 3.05) is 18.9 Å². The zero-order valence-electron chi connectivity index (χ0n) is 11.6. The van der Waals surface area contributed by atoms with E-state index in [9.17, 15) is 14.9 Å². The predicted molar refractivity (Wildman–Crippen MR) is 74.8 cm³/mol. The summed E-state index contributed by atoms with van der Waals surface area (Å²) in [6.07, 6.45) is 4.09. The second-order valence-corrected chi connectivity index (χ2v) is 4.94. The SMILES string of the molecule is CNc1cc(C(=O)N2CCCCC2C)c([N+](=O)[O-])cn1. The van der Waals surface area contributed by atoms with Gasteiger partial charge in [-0.1, -0.05) is 0 Å². The highest BCUT2D eigenvalue weighted by atomic mass is 16.6. The quantitative estimate of drug-likeness (QED) is 0.675. The first-order chi connectivity index (χ1) is 9.54. The second-order valence-electron chi connectivity index (χ2n) is 4.94. The molecule has 0 aromatic carbocycles. The first-order valence-corrected chi connectivity index (χ1v) is 6.67. The normalized spacial score (nSPS) is 18.7. The molecular weight excluding hydrogens is 260 g/mol. The molecule has 7 heteroatoms. The number of pyridine rings is 1. The summed E-state index contributed by atoms with van der Waals surface area (Å²) in [4.78, 5) is 28.7. The minimum atomic E-state index is -0.561. The molecule has 0 bridgehead atoms. The number of carbonyl (C=O) groups excluding carboxylic acids is 1. The number of amides is 1. The van der Waals surface area contributed by atoms with Gasteiger partial charge in [0.2, 0.25) is 0 Å². The molecule has 1 saturated heterocycles. The molecular formula is C13H18N4O3. The fourth-order valence-electron chi connectivity index (χ4n) is 2.46. The number of aromatic nitrogens is 1. The molecule has 20 heavy (non-hydrogen) atoms. The smallest absolute Gasteiger partial charge is 0.300 e. The minimum absolute atomic E-state index is 0.100. The van der Waals surface area contributed by atoms with E-state index in [1.807, 2.05) is 6.92 Å². The van der Waals surface area contributed by atoms with Crippen molar-refractivity contribution >= 4 is 17.4 Å². The lowest BCUT2D eigenvalue weighted by Crippen LogP contribution is -2.42. The molecule has 1 unspecified atom stereocenters. The van der Waals surface area contributed by atoms with Crippen molar-refractivity contribution in [1.82, 2.24) is 9.88 Å². The number of nitro groups is 1. The Bertz CT molecular complexity index is 532. The van der Waals surface area contributed by atoms with E-state index in [0.29, 0.717) is 12.4 Å². The fourth-order valence-corrected chi connectivity index (χ4v) is 2.46. The van der Waals surface area contributed by atoms with Gasteiger partial charge in [-0.2, -0.15) is 0 Å². The lowest BCUT2D eigenvalue weighted by Gasteiger charge is -2.33. The highest BCUT2D eigenvalue weighted by Gasteiger charge is 2.29. The molecule has 0 aliphatic carbocycles. The van der Waals surface area contributed by atoms with Gasteiger partial charge in [-0.05, 0) is 26.2 Å². The molecule has 7 nitrogen and oxygen atoms in total. The summed E-state index contributed by atoms with van der Waals surface area (Å²) in [6.45, 7) is 2.62. The van der Waals surface area contributed by atoms with Gasteiger partial charge in [0.25, 0.3) is 11.6 Å². The molecule has 1 N–H and O–H groups in total. The number of hydrogen-bond acceptors (Lipinski definition) is 5. The number of nitrogens with one attached hydrogen (secondary N) is 1. The molecule has 2 heterocycles. The number of rotatable bonds is 3. The predicted octanol–water partition coefficient (Wildman–Crippen LogP) is 2.05. The summed E-state index contributed by atoms with van der Waals surface area (Å²) in [5.41, 5.74) is -0.144. The molecule has 0 radical (unpaired) electrons. The fraction of sp³-hybridized carbons (Fsp3) is 0.538. The first kappa shape index (κ1) is 14.2. The van der Waals surface area contributed by atoms with E-state index in [1.165, 1.54) is 6.07 Å². The summed E-state index contributed by atoms with van der Waals surface area (Å²) in [5.74, 6) is 0.159. The van der Waals surface area contributed by atoms with Crippen LogP contribution in [0.5, 0.6) is 0 Å². The van der Waals surface area contributed by atoms with Crippen molar-refractivity contribution in [3.63, 3.8) is 0 Å². The Morgan fingerprint density at radius 1 is 1.55 bits per heavy atom. The van der Waals surface area contributed by atoms with Gasteiger partial charge < -0.3 is 10.2 Å². The summed E-state index contributed by atoms with van der Waals surface area (Å²) in [5, 5.41) is 13.9. The Hall–Kier alpha value is -2.18. The molecule has 2 rings (SSSR count). The Balaban J connectivity index is 2.38. The van der Waals surface area contributed by atoms with Crippen LogP contribution in [-0.4, -0.2) is 40.3 Å². The molecule has 1 aromatic rings. The van der Waals surface area contributed by atoms with Gasteiger partial charge in [0, 0.05) is 25.7 Å². The van der Waals surface area contributed by atoms with Crippen LogP contribution < -0.4 is 5.32 Å². The van der Waals surface area contributed by atoms with Gasteiger partial charge in [-0.3, -0.25) is 14.9 Å². The van der Waals surface area contributed by atoms with Crippen LogP contribution in [0.15, 0.2) is 12.3 Å². The van der Waals surface area contributed by atoms with Crippen LogP contribution in [0, 0.1) is 10.1 Å². The second kappa shape index (κ2) is 5.85. The minimum Gasteiger partial charge on any atom is -0.373 e. The lowest BCUT2D eigenvalue weighted by molar-refractivity contribution is -0.385. The van der Waals surface area contributed by atoms with Crippen LogP contribution >= 0.6 is 0 Å². The van der Waals surface area contributed by atoms with E-state index in [-0.39, 0.29) is 23.2 Å². The largest absolute Gasteiger partial charge is 0.373 e. The maximum Gasteiger partial charge on any atom is 0.300 e. The first-order valence-electron chi connectivity index (χ1n) is 6.67. The van der Waals surface area contributed by atoms with Crippen LogP contribution in [0.3, 0.4) is 0 Å². The summed E-state index contributed by atoms with van der Waals surface area (Å²) >= 11 is 0. The summed E-state index contributed by atoms with van der Waals surface area (Å²) in [6, 6.07) is 1.56. The number of likely N-dealkylation sites (tertiary alicyclic amines) is 1. The van der Waals surface area contributed by atoms with E-state index in [4.69, 9.17) is 0 Å². The Morgan fingerprint density at radius 3 is 2.90 bits per heavy atom. The monoisotopic (exact) mass is 278 g/mol. The van der Waals surface area contributed by atoms with Crippen LogP contribution in [0.2, 0.25) is 0 Å². The number of piperidine rings is 1. The maximum absolute atomic E-state index is 12.6. The molecule has 1 fully saturated rings.